The molecule has 3 rings (SSSR count). The number of hydrogen-bond donors (Lipinski definition) is 0. The van der Waals surface area contributed by atoms with Gasteiger partial charge in [0.1, 0.15) is 10.8 Å². The zero-order valence-corrected chi connectivity index (χ0v) is 15.0. The van der Waals surface area contributed by atoms with Crippen LogP contribution < -0.4 is 9.64 Å². The Labute approximate surface area is 157 Å². The first-order chi connectivity index (χ1) is 12.7. The topological polar surface area (TPSA) is 42.4 Å². The van der Waals surface area contributed by atoms with Gasteiger partial charge in [-0.3, -0.25) is 4.79 Å². The number of pyridine rings is 1. The van der Waals surface area contributed by atoms with E-state index >= 15 is 0 Å². The largest absolute Gasteiger partial charge is 0.467 e. The molecule has 0 saturated heterocycles. The summed E-state index contributed by atoms with van der Waals surface area (Å²) in [6.07, 6.45) is -2.15. The van der Waals surface area contributed by atoms with Crippen LogP contribution in [-0.2, 0) is 6.42 Å². The smallest absolute Gasteiger partial charge is 0.422 e. The highest BCUT2D eigenvalue weighted by atomic mass is 35.5. The number of anilines is 1. The fourth-order valence-electron chi connectivity index (χ4n) is 3.00. The quantitative estimate of drug-likeness (QED) is 0.698. The lowest BCUT2D eigenvalue weighted by Gasteiger charge is -2.30. The maximum atomic E-state index is 14.5. The summed E-state index contributed by atoms with van der Waals surface area (Å²) in [6.45, 7) is 0.542. The summed E-state index contributed by atoms with van der Waals surface area (Å²) in [6, 6.07) is 4.35. The molecule has 0 aliphatic carbocycles. The van der Waals surface area contributed by atoms with E-state index in [0.717, 1.165) is 17.3 Å². The Bertz CT molecular complexity index is 886. The molecular weight excluding hydrogens is 388 g/mol. The predicted octanol–water partition coefficient (Wildman–Crippen LogP) is 4.72. The fourth-order valence-corrected chi connectivity index (χ4v) is 3.22. The van der Waals surface area contributed by atoms with Gasteiger partial charge < -0.3 is 9.64 Å². The Hall–Kier alpha value is -2.35. The van der Waals surface area contributed by atoms with E-state index in [9.17, 15) is 22.4 Å². The minimum Gasteiger partial charge on any atom is -0.467 e. The lowest BCUT2D eigenvalue weighted by atomic mass is 9.98. The van der Waals surface area contributed by atoms with E-state index in [2.05, 4.69) is 9.72 Å². The van der Waals surface area contributed by atoms with E-state index in [4.69, 9.17) is 11.6 Å². The van der Waals surface area contributed by atoms with E-state index in [1.54, 1.807) is 6.92 Å². The third kappa shape index (κ3) is 4.32. The number of aromatic nitrogens is 1. The van der Waals surface area contributed by atoms with Gasteiger partial charge in [-0.2, -0.15) is 13.2 Å². The Kier molecular flexibility index (Phi) is 5.28. The van der Waals surface area contributed by atoms with Gasteiger partial charge in [0.2, 0.25) is 5.88 Å². The molecule has 4 nitrogen and oxygen atoms in total. The minimum absolute atomic E-state index is 0.0344. The molecule has 0 fully saturated rings. The normalized spacial score (nSPS) is 14.1. The second-order valence-electron chi connectivity index (χ2n) is 6.23. The van der Waals surface area contributed by atoms with Crippen molar-refractivity contribution in [3.05, 3.63) is 51.9 Å². The van der Waals surface area contributed by atoms with Crippen molar-refractivity contribution >= 4 is 23.2 Å². The second-order valence-corrected chi connectivity index (χ2v) is 6.64. The number of halogens is 5. The molecule has 1 aliphatic rings. The molecular formula is C18H15ClF4N2O2. The van der Waals surface area contributed by atoms with Crippen molar-refractivity contribution in [2.45, 2.75) is 25.9 Å². The van der Waals surface area contributed by atoms with E-state index in [-0.39, 0.29) is 16.3 Å². The van der Waals surface area contributed by atoms with Gasteiger partial charge >= 0.3 is 6.18 Å². The lowest BCUT2D eigenvalue weighted by Crippen LogP contribution is -2.36. The molecule has 0 radical (unpaired) electrons. The second kappa shape index (κ2) is 7.34. The highest BCUT2D eigenvalue weighted by molar-refractivity contribution is 6.32. The first-order valence-electron chi connectivity index (χ1n) is 8.11. The maximum Gasteiger partial charge on any atom is 0.422 e. The molecule has 0 unspecified atom stereocenters. The Balaban J connectivity index is 1.87. The number of carbonyl (C=O) groups excluding carboxylic acids is 1. The number of fused-ring (bicyclic) bond motifs is 1. The number of alkyl halides is 3. The third-order valence-electron chi connectivity index (χ3n) is 4.06. The van der Waals surface area contributed by atoms with Gasteiger partial charge in [0.15, 0.2) is 6.61 Å². The predicted molar refractivity (Wildman–Crippen MR) is 91.9 cm³/mol. The summed E-state index contributed by atoms with van der Waals surface area (Å²) >= 11 is 5.89. The highest BCUT2D eigenvalue weighted by Crippen LogP contribution is 2.33. The number of rotatable bonds is 3. The summed E-state index contributed by atoms with van der Waals surface area (Å²) in [4.78, 5) is 17.8. The van der Waals surface area contributed by atoms with Crippen LogP contribution in [0, 0.1) is 12.7 Å². The van der Waals surface area contributed by atoms with Crippen LogP contribution in [0.25, 0.3) is 0 Å². The van der Waals surface area contributed by atoms with Crippen LogP contribution in [0.1, 0.15) is 27.9 Å². The van der Waals surface area contributed by atoms with E-state index in [1.807, 2.05) is 6.07 Å². The molecule has 2 aromatic rings. The molecule has 0 N–H and O–H groups in total. The molecule has 1 amide bonds. The summed E-state index contributed by atoms with van der Waals surface area (Å²) in [7, 11) is 0. The minimum atomic E-state index is -4.54. The number of amides is 1. The Morgan fingerprint density at radius 1 is 1.33 bits per heavy atom. The monoisotopic (exact) mass is 402 g/mol. The Morgan fingerprint density at radius 3 is 2.74 bits per heavy atom. The van der Waals surface area contributed by atoms with Crippen LogP contribution in [0.2, 0.25) is 5.02 Å². The standard InChI is InChI=1S/C18H15ClF4N2O2/c1-10-5-11-3-2-4-25(15(11)14(20)6-10)17(26)12-7-13(19)16(24-8-12)27-9-18(21,22)23/h5-8H,2-4,9H2,1H3. The number of ether oxygens (including phenoxy) is 1. The maximum absolute atomic E-state index is 14.5. The van der Waals surface area contributed by atoms with Crippen LogP contribution in [0.4, 0.5) is 23.2 Å². The molecule has 1 aromatic heterocycles. The van der Waals surface area contributed by atoms with Crippen LogP contribution in [0.5, 0.6) is 5.88 Å². The zero-order chi connectivity index (χ0) is 19.8. The van der Waals surface area contributed by atoms with Crippen LogP contribution in [0.3, 0.4) is 0 Å². The molecule has 0 spiro atoms. The zero-order valence-electron chi connectivity index (χ0n) is 14.2. The van der Waals surface area contributed by atoms with Crippen molar-refractivity contribution < 1.29 is 27.1 Å². The van der Waals surface area contributed by atoms with Crippen molar-refractivity contribution in [2.24, 2.45) is 0 Å². The summed E-state index contributed by atoms with van der Waals surface area (Å²) < 4.78 is 55.7. The van der Waals surface area contributed by atoms with Crippen molar-refractivity contribution in [2.75, 3.05) is 18.1 Å². The molecule has 0 saturated carbocycles. The van der Waals surface area contributed by atoms with Crippen LogP contribution >= 0.6 is 11.6 Å². The van der Waals surface area contributed by atoms with Gasteiger partial charge in [-0.25, -0.2) is 9.37 Å². The number of carbonyl (C=O) groups is 1. The summed E-state index contributed by atoms with van der Waals surface area (Å²) in [5.74, 6) is -1.45. The van der Waals surface area contributed by atoms with Crippen molar-refractivity contribution in [1.29, 1.82) is 0 Å². The fraction of sp³-hybridized carbons (Fsp3) is 0.333. The molecule has 1 aromatic carbocycles. The molecule has 144 valence electrons. The molecule has 9 heteroatoms. The van der Waals surface area contributed by atoms with Gasteiger partial charge in [-0.05, 0) is 43.0 Å². The average molecular weight is 403 g/mol. The van der Waals surface area contributed by atoms with E-state index < -0.39 is 30.4 Å². The number of aryl methyl sites for hydroxylation is 2. The average Bonchev–Trinajstić information content (AvgIpc) is 2.58. The Morgan fingerprint density at radius 2 is 2.07 bits per heavy atom. The number of nitrogens with zero attached hydrogens (tertiary/aromatic N) is 2. The molecule has 0 atom stereocenters. The summed E-state index contributed by atoms with van der Waals surface area (Å²) in [5.41, 5.74) is 1.74. The summed E-state index contributed by atoms with van der Waals surface area (Å²) in [5, 5.41) is -0.230. The first kappa shape index (κ1) is 19.4. The first-order valence-corrected chi connectivity index (χ1v) is 8.49. The van der Waals surface area contributed by atoms with Gasteiger partial charge in [-0.1, -0.05) is 17.7 Å². The van der Waals surface area contributed by atoms with Gasteiger partial charge in [0, 0.05) is 12.7 Å². The van der Waals surface area contributed by atoms with Crippen molar-refractivity contribution in [3.63, 3.8) is 0 Å². The third-order valence-corrected chi connectivity index (χ3v) is 4.33. The van der Waals surface area contributed by atoms with Gasteiger partial charge in [0.25, 0.3) is 5.91 Å². The number of benzene rings is 1. The molecule has 27 heavy (non-hydrogen) atoms. The van der Waals surface area contributed by atoms with E-state index in [0.29, 0.717) is 19.4 Å². The number of hydrogen-bond acceptors (Lipinski definition) is 3. The van der Waals surface area contributed by atoms with Crippen LogP contribution in [0.15, 0.2) is 24.4 Å². The lowest BCUT2D eigenvalue weighted by molar-refractivity contribution is -0.154. The molecule has 2 heterocycles. The van der Waals surface area contributed by atoms with Gasteiger partial charge in [-0.15, -0.1) is 0 Å². The molecule has 1 aliphatic heterocycles. The molecule has 0 bridgehead atoms. The highest BCUT2D eigenvalue weighted by Gasteiger charge is 2.30. The van der Waals surface area contributed by atoms with Gasteiger partial charge in [0.05, 0.1) is 11.3 Å². The SMILES string of the molecule is Cc1cc(F)c2c(c1)CCCN2C(=O)c1cnc(OCC(F)(F)F)c(Cl)c1. The van der Waals surface area contributed by atoms with Crippen molar-refractivity contribution in [3.8, 4) is 5.88 Å². The van der Waals surface area contributed by atoms with E-state index in [1.165, 1.54) is 17.0 Å². The van der Waals surface area contributed by atoms with Crippen LogP contribution in [-0.4, -0.2) is 30.2 Å². The van der Waals surface area contributed by atoms with Crippen molar-refractivity contribution in [1.82, 2.24) is 4.98 Å².